The highest BCUT2D eigenvalue weighted by Crippen LogP contribution is 2.34. The zero-order valence-corrected chi connectivity index (χ0v) is 16.2. The summed E-state index contributed by atoms with van der Waals surface area (Å²) in [5.41, 5.74) is 12.6. The predicted octanol–water partition coefficient (Wildman–Crippen LogP) is 3.57. The molecule has 1 fully saturated rings. The standard InChI is InChI=1S/C23H28N4/c1-17-8-9-19(22(10-17)21-12-25-26(2)13-21)14-27-15-20(11-24)23(16-27)18-6-4-3-5-7-18/h3-10,12-13,20,23H,11,14-16,24H2,1-2H3/t20-,23+/m1/s1. The van der Waals surface area contributed by atoms with Crippen LogP contribution in [0.2, 0.25) is 0 Å². The molecular weight excluding hydrogens is 332 g/mol. The van der Waals surface area contributed by atoms with E-state index in [2.05, 4.69) is 71.7 Å². The summed E-state index contributed by atoms with van der Waals surface area (Å²) in [5, 5.41) is 4.36. The highest BCUT2D eigenvalue weighted by Gasteiger charge is 2.33. The third-order valence-electron chi connectivity index (χ3n) is 5.72. The normalized spacial score (nSPS) is 20.3. The van der Waals surface area contributed by atoms with Gasteiger partial charge in [0.05, 0.1) is 6.20 Å². The maximum Gasteiger partial charge on any atom is 0.0568 e. The van der Waals surface area contributed by atoms with Crippen LogP contribution in [0.1, 0.15) is 22.6 Å². The van der Waals surface area contributed by atoms with Crippen LogP contribution in [0.5, 0.6) is 0 Å². The van der Waals surface area contributed by atoms with Gasteiger partial charge in [0.15, 0.2) is 0 Å². The van der Waals surface area contributed by atoms with Crippen molar-refractivity contribution in [3.8, 4) is 11.1 Å². The number of hydrogen-bond donors (Lipinski definition) is 1. The molecule has 4 nitrogen and oxygen atoms in total. The smallest absolute Gasteiger partial charge is 0.0568 e. The molecule has 1 aliphatic rings. The van der Waals surface area contributed by atoms with Crippen LogP contribution < -0.4 is 5.73 Å². The van der Waals surface area contributed by atoms with E-state index in [1.807, 2.05) is 17.9 Å². The Balaban J connectivity index is 1.58. The van der Waals surface area contributed by atoms with Gasteiger partial charge in [-0.25, -0.2) is 0 Å². The van der Waals surface area contributed by atoms with E-state index >= 15 is 0 Å². The summed E-state index contributed by atoms with van der Waals surface area (Å²) in [7, 11) is 1.97. The number of nitrogens with two attached hydrogens (primary N) is 1. The lowest BCUT2D eigenvalue weighted by atomic mass is 9.89. The molecule has 2 heterocycles. The number of hydrogen-bond acceptors (Lipinski definition) is 3. The maximum absolute atomic E-state index is 6.12. The van der Waals surface area contributed by atoms with Crippen molar-refractivity contribution in [1.29, 1.82) is 0 Å². The number of aromatic nitrogens is 2. The Morgan fingerprint density at radius 3 is 2.63 bits per heavy atom. The van der Waals surface area contributed by atoms with Gasteiger partial charge in [-0.05, 0) is 36.1 Å². The van der Waals surface area contributed by atoms with Gasteiger partial charge in [0, 0.05) is 44.4 Å². The van der Waals surface area contributed by atoms with Gasteiger partial charge in [-0.2, -0.15) is 5.10 Å². The van der Waals surface area contributed by atoms with Crippen molar-refractivity contribution in [2.24, 2.45) is 18.7 Å². The number of likely N-dealkylation sites (tertiary alicyclic amines) is 1. The van der Waals surface area contributed by atoms with Crippen molar-refractivity contribution >= 4 is 0 Å². The highest BCUT2D eigenvalue weighted by molar-refractivity contribution is 5.67. The molecule has 140 valence electrons. The van der Waals surface area contributed by atoms with Crippen molar-refractivity contribution in [3.63, 3.8) is 0 Å². The molecule has 0 unspecified atom stereocenters. The molecule has 0 radical (unpaired) electrons. The van der Waals surface area contributed by atoms with E-state index in [0.29, 0.717) is 11.8 Å². The van der Waals surface area contributed by atoms with Crippen LogP contribution in [0.25, 0.3) is 11.1 Å². The second kappa shape index (κ2) is 7.67. The molecule has 2 aromatic carbocycles. The Labute approximate surface area is 161 Å². The van der Waals surface area contributed by atoms with Crippen LogP contribution in [-0.2, 0) is 13.6 Å². The Hall–Kier alpha value is -2.43. The number of nitrogens with zero attached hydrogens (tertiary/aromatic N) is 3. The van der Waals surface area contributed by atoms with E-state index in [1.165, 1.54) is 27.8 Å². The summed E-state index contributed by atoms with van der Waals surface area (Å²) in [6.45, 7) is 5.95. The third-order valence-corrected chi connectivity index (χ3v) is 5.72. The highest BCUT2D eigenvalue weighted by atomic mass is 15.2. The van der Waals surface area contributed by atoms with Crippen LogP contribution in [0.3, 0.4) is 0 Å². The van der Waals surface area contributed by atoms with E-state index in [1.54, 1.807) is 0 Å². The summed E-state index contributed by atoms with van der Waals surface area (Å²) < 4.78 is 1.87. The van der Waals surface area contributed by atoms with Gasteiger partial charge in [0.1, 0.15) is 0 Å². The summed E-state index contributed by atoms with van der Waals surface area (Å²) >= 11 is 0. The topological polar surface area (TPSA) is 47.1 Å². The fourth-order valence-electron chi connectivity index (χ4n) is 4.30. The SMILES string of the molecule is Cc1ccc(CN2C[C@@H](CN)[C@H](c3ccccc3)C2)c(-c2cnn(C)c2)c1. The third kappa shape index (κ3) is 3.82. The largest absolute Gasteiger partial charge is 0.330 e. The van der Waals surface area contributed by atoms with E-state index in [-0.39, 0.29) is 0 Å². The van der Waals surface area contributed by atoms with Gasteiger partial charge in [-0.3, -0.25) is 9.58 Å². The Bertz CT molecular complexity index is 900. The van der Waals surface area contributed by atoms with E-state index < -0.39 is 0 Å². The average molecular weight is 361 g/mol. The monoisotopic (exact) mass is 360 g/mol. The van der Waals surface area contributed by atoms with Crippen molar-refractivity contribution < 1.29 is 0 Å². The molecule has 0 spiro atoms. The Kier molecular flexibility index (Phi) is 5.10. The molecular formula is C23H28N4. The molecule has 2 atom stereocenters. The van der Waals surface area contributed by atoms with E-state index in [4.69, 9.17) is 5.73 Å². The van der Waals surface area contributed by atoms with Crippen molar-refractivity contribution in [3.05, 3.63) is 77.6 Å². The first-order chi connectivity index (χ1) is 13.1. The molecule has 1 aliphatic heterocycles. The minimum absolute atomic E-state index is 0.514. The molecule has 4 rings (SSSR count). The van der Waals surface area contributed by atoms with Gasteiger partial charge >= 0.3 is 0 Å². The van der Waals surface area contributed by atoms with Gasteiger partial charge in [0.25, 0.3) is 0 Å². The molecule has 1 aromatic heterocycles. The summed E-state index contributed by atoms with van der Waals surface area (Å²) in [6, 6.07) is 17.6. The fraction of sp³-hybridized carbons (Fsp3) is 0.348. The second-order valence-electron chi connectivity index (χ2n) is 7.77. The predicted molar refractivity (Wildman–Crippen MR) is 110 cm³/mol. The number of benzene rings is 2. The van der Waals surface area contributed by atoms with Crippen molar-refractivity contribution in [2.45, 2.75) is 19.4 Å². The molecule has 27 heavy (non-hydrogen) atoms. The van der Waals surface area contributed by atoms with Crippen LogP contribution in [-0.4, -0.2) is 34.3 Å². The van der Waals surface area contributed by atoms with E-state index in [0.717, 1.165) is 26.2 Å². The van der Waals surface area contributed by atoms with Crippen LogP contribution in [0.4, 0.5) is 0 Å². The number of rotatable bonds is 5. The Morgan fingerprint density at radius 2 is 1.93 bits per heavy atom. The lowest BCUT2D eigenvalue weighted by Crippen LogP contribution is -2.23. The van der Waals surface area contributed by atoms with Gasteiger partial charge in [0.2, 0.25) is 0 Å². The fourth-order valence-corrected chi connectivity index (χ4v) is 4.30. The van der Waals surface area contributed by atoms with Crippen LogP contribution in [0.15, 0.2) is 60.9 Å². The summed E-state index contributed by atoms with van der Waals surface area (Å²) in [6.07, 6.45) is 4.05. The quantitative estimate of drug-likeness (QED) is 0.757. The van der Waals surface area contributed by atoms with Crippen molar-refractivity contribution in [2.75, 3.05) is 19.6 Å². The minimum Gasteiger partial charge on any atom is -0.330 e. The first-order valence-corrected chi connectivity index (χ1v) is 9.70. The lowest BCUT2D eigenvalue weighted by Gasteiger charge is -2.19. The van der Waals surface area contributed by atoms with E-state index in [9.17, 15) is 0 Å². The number of aryl methyl sites for hydroxylation is 2. The van der Waals surface area contributed by atoms with Gasteiger partial charge in [-0.15, -0.1) is 0 Å². The zero-order valence-electron chi connectivity index (χ0n) is 16.2. The first kappa shape index (κ1) is 18.0. The maximum atomic E-state index is 6.12. The molecule has 0 aliphatic carbocycles. The molecule has 1 saturated heterocycles. The first-order valence-electron chi connectivity index (χ1n) is 9.70. The van der Waals surface area contributed by atoms with Gasteiger partial charge in [-0.1, -0.05) is 54.1 Å². The van der Waals surface area contributed by atoms with Gasteiger partial charge < -0.3 is 5.73 Å². The molecule has 0 amide bonds. The average Bonchev–Trinajstić information content (AvgIpc) is 3.30. The lowest BCUT2D eigenvalue weighted by molar-refractivity contribution is 0.317. The van der Waals surface area contributed by atoms with Crippen LogP contribution >= 0.6 is 0 Å². The second-order valence-corrected chi connectivity index (χ2v) is 7.77. The molecule has 0 saturated carbocycles. The molecule has 4 heteroatoms. The summed E-state index contributed by atoms with van der Waals surface area (Å²) in [5.74, 6) is 1.03. The zero-order chi connectivity index (χ0) is 18.8. The Morgan fingerprint density at radius 1 is 1.11 bits per heavy atom. The molecule has 2 N–H and O–H groups in total. The van der Waals surface area contributed by atoms with Crippen LogP contribution in [0, 0.1) is 12.8 Å². The molecule has 0 bridgehead atoms. The summed E-state index contributed by atoms with van der Waals surface area (Å²) in [4.78, 5) is 2.56. The van der Waals surface area contributed by atoms with Crippen molar-refractivity contribution in [1.82, 2.24) is 14.7 Å². The molecule has 3 aromatic rings. The minimum atomic E-state index is 0.514.